The van der Waals surface area contributed by atoms with Gasteiger partial charge in [-0.05, 0) is 19.1 Å². The molecular weight excluding hydrogens is 154 g/mol. The van der Waals surface area contributed by atoms with Crippen molar-refractivity contribution in [3.63, 3.8) is 0 Å². The lowest BCUT2D eigenvalue weighted by atomic mass is 10.1. The van der Waals surface area contributed by atoms with E-state index < -0.39 is 0 Å². The van der Waals surface area contributed by atoms with Gasteiger partial charge in [-0.1, -0.05) is 12.1 Å². The molecule has 0 aliphatic rings. The summed E-state index contributed by atoms with van der Waals surface area (Å²) in [6.45, 7) is 3.52. The zero-order valence-electron chi connectivity index (χ0n) is 6.91. The minimum absolute atomic E-state index is 0.0484. The van der Waals surface area contributed by atoms with Crippen LogP contribution >= 0.6 is 0 Å². The fourth-order valence-corrected chi connectivity index (χ4v) is 0.758. The molecule has 0 heterocycles. The van der Waals surface area contributed by atoms with Gasteiger partial charge in [0, 0.05) is 11.3 Å². The zero-order chi connectivity index (χ0) is 9.56. The molecule has 1 aromatic carbocycles. The van der Waals surface area contributed by atoms with Crippen LogP contribution in [0.4, 0.5) is 5.69 Å². The molecule has 0 radical (unpaired) electrons. The molecule has 0 aromatic heterocycles. The van der Waals surface area contributed by atoms with Gasteiger partial charge in [0.2, 0.25) is 0 Å². The molecule has 0 aliphatic heterocycles. The van der Waals surface area contributed by atoms with E-state index in [0.29, 0.717) is 11.3 Å². The van der Waals surface area contributed by atoms with Crippen molar-refractivity contribution < 1.29 is 9.59 Å². The van der Waals surface area contributed by atoms with E-state index in [0.717, 1.165) is 0 Å². The lowest BCUT2D eigenvalue weighted by Gasteiger charge is -1.94. The topological polar surface area (TPSA) is 60.2 Å². The molecule has 0 bridgehead atoms. The van der Waals surface area contributed by atoms with Crippen LogP contribution in [-0.2, 0) is 4.79 Å². The highest BCUT2D eigenvalue weighted by Crippen LogP contribution is 2.06. The first kappa shape index (κ1) is 10.4. The first-order chi connectivity index (χ1) is 5.70. The largest absolute Gasteiger partial charge is 0.399 e. The van der Waals surface area contributed by atoms with Crippen LogP contribution in [0.2, 0.25) is 0 Å². The zero-order valence-corrected chi connectivity index (χ0v) is 6.91. The average Bonchev–Trinajstić information content (AvgIpc) is 2.08. The maximum atomic E-state index is 10.7. The predicted molar refractivity (Wildman–Crippen MR) is 48.0 cm³/mol. The van der Waals surface area contributed by atoms with Crippen LogP contribution in [0.5, 0.6) is 0 Å². The quantitative estimate of drug-likeness (QED) is 0.503. The normalized spacial score (nSPS) is 8.08. The molecule has 0 atom stereocenters. The Morgan fingerprint density at radius 3 is 2.33 bits per heavy atom. The predicted octanol–water partition coefficient (Wildman–Crippen LogP) is 1.29. The number of rotatable bonds is 1. The second kappa shape index (κ2) is 5.07. The van der Waals surface area contributed by atoms with Gasteiger partial charge in [0.1, 0.15) is 6.79 Å². The SMILES string of the molecule is C=O.CC(=O)c1cccc(N)c1. The maximum absolute atomic E-state index is 10.7. The summed E-state index contributed by atoms with van der Waals surface area (Å²) < 4.78 is 0. The molecule has 1 rings (SSSR count). The van der Waals surface area contributed by atoms with E-state index in [1.54, 1.807) is 24.3 Å². The molecule has 64 valence electrons. The van der Waals surface area contributed by atoms with Gasteiger partial charge >= 0.3 is 0 Å². The molecule has 0 saturated heterocycles. The van der Waals surface area contributed by atoms with Gasteiger partial charge in [-0.15, -0.1) is 0 Å². The van der Waals surface area contributed by atoms with E-state index in [4.69, 9.17) is 10.5 Å². The molecule has 2 N–H and O–H groups in total. The lowest BCUT2D eigenvalue weighted by Crippen LogP contribution is -1.93. The average molecular weight is 165 g/mol. The summed E-state index contributed by atoms with van der Waals surface area (Å²) in [4.78, 5) is 18.7. The van der Waals surface area contributed by atoms with E-state index in [-0.39, 0.29) is 5.78 Å². The van der Waals surface area contributed by atoms with Gasteiger partial charge in [-0.2, -0.15) is 0 Å². The highest BCUT2D eigenvalue weighted by atomic mass is 16.1. The Kier molecular flexibility index (Phi) is 4.38. The number of carbonyl (C=O) groups is 2. The molecule has 0 unspecified atom stereocenters. The van der Waals surface area contributed by atoms with E-state index in [2.05, 4.69) is 0 Å². The summed E-state index contributed by atoms with van der Waals surface area (Å²) in [6.07, 6.45) is 0. The van der Waals surface area contributed by atoms with Crippen LogP contribution in [-0.4, -0.2) is 12.6 Å². The number of ketones is 1. The number of nitrogen functional groups attached to an aromatic ring is 1. The first-order valence-corrected chi connectivity index (χ1v) is 3.35. The fourth-order valence-electron chi connectivity index (χ4n) is 0.758. The Labute approximate surface area is 71.2 Å². The summed E-state index contributed by atoms with van der Waals surface area (Å²) in [5, 5.41) is 0. The van der Waals surface area contributed by atoms with Crippen molar-refractivity contribution in [3.05, 3.63) is 29.8 Å². The number of carbonyl (C=O) groups excluding carboxylic acids is 2. The van der Waals surface area contributed by atoms with Crippen molar-refractivity contribution in [2.45, 2.75) is 6.92 Å². The van der Waals surface area contributed by atoms with Crippen molar-refractivity contribution in [3.8, 4) is 0 Å². The molecule has 0 fully saturated rings. The number of benzene rings is 1. The molecule has 0 spiro atoms. The van der Waals surface area contributed by atoms with Crippen LogP contribution in [0.25, 0.3) is 0 Å². The van der Waals surface area contributed by atoms with E-state index >= 15 is 0 Å². The molecule has 3 heteroatoms. The van der Waals surface area contributed by atoms with Crippen LogP contribution in [0.3, 0.4) is 0 Å². The summed E-state index contributed by atoms with van der Waals surface area (Å²) >= 11 is 0. The fraction of sp³-hybridized carbons (Fsp3) is 0.111. The number of anilines is 1. The molecule has 3 nitrogen and oxygen atoms in total. The number of Topliss-reactive ketones (excluding diaryl/α,β-unsaturated/α-hetero) is 1. The molecule has 0 saturated carbocycles. The Morgan fingerprint density at radius 2 is 2.00 bits per heavy atom. The van der Waals surface area contributed by atoms with Gasteiger partial charge in [0.15, 0.2) is 5.78 Å². The molecular formula is C9H11NO2. The smallest absolute Gasteiger partial charge is 0.159 e. The first-order valence-electron chi connectivity index (χ1n) is 3.35. The van der Waals surface area contributed by atoms with Gasteiger partial charge in [-0.25, -0.2) is 0 Å². The monoisotopic (exact) mass is 165 g/mol. The van der Waals surface area contributed by atoms with Crippen molar-refractivity contribution in [2.75, 3.05) is 5.73 Å². The van der Waals surface area contributed by atoms with Crippen molar-refractivity contribution >= 4 is 18.3 Å². The number of hydrogen-bond donors (Lipinski definition) is 1. The van der Waals surface area contributed by atoms with Crippen molar-refractivity contribution in [2.24, 2.45) is 0 Å². The van der Waals surface area contributed by atoms with Crippen LogP contribution in [0.15, 0.2) is 24.3 Å². The third kappa shape index (κ3) is 2.96. The molecule has 0 aliphatic carbocycles. The van der Waals surface area contributed by atoms with E-state index in [9.17, 15) is 4.79 Å². The van der Waals surface area contributed by atoms with Gasteiger partial charge in [-0.3, -0.25) is 4.79 Å². The second-order valence-corrected chi connectivity index (χ2v) is 2.18. The summed E-state index contributed by atoms with van der Waals surface area (Å²) in [5.41, 5.74) is 6.74. The van der Waals surface area contributed by atoms with E-state index in [1.807, 2.05) is 6.79 Å². The second-order valence-electron chi connectivity index (χ2n) is 2.18. The van der Waals surface area contributed by atoms with Crippen LogP contribution in [0.1, 0.15) is 17.3 Å². The third-order valence-corrected chi connectivity index (χ3v) is 1.29. The molecule has 0 amide bonds. The molecule has 12 heavy (non-hydrogen) atoms. The van der Waals surface area contributed by atoms with Gasteiger partial charge in [0.05, 0.1) is 0 Å². The maximum Gasteiger partial charge on any atom is 0.159 e. The Morgan fingerprint density at radius 1 is 1.42 bits per heavy atom. The number of hydrogen-bond acceptors (Lipinski definition) is 3. The standard InChI is InChI=1S/C8H9NO.CH2O/c1-6(10)7-3-2-4-8(9)5-7;1-2/h2-5H,9H2,1H3;1H2. The summed E-state index contributed by atoms with van der Waals surface area (Å²) in [5.74, 6) is 0.0484. The van der Waals surface area contributed by atoms with Crippen LogP contribution < -0.4 is 5.73 Å². The van der Waals surface area contributed by atoms with E-state index in [1.165, 1.54) is 6.92 Å². The minimum atomic E-state index is 0.0484. The van der Waals surface area contributed by atoms with Gasteiger partial charge < -0.3 is 10.5 Å². The van der Waals surface area contributed by atoms with Crippen molar-refractivity contribution in [1.29, 1.82) is 0 Å². The number of nitrogens with two attached hydrogens (primary N) is 1. The van der Waals surface area contributed by atoms with Crippen molar-refractivity contribution in [1.82, 2.24) is 0 Å². The molecule has 1 aromatic rings. The lowest BCUT2D eigenvalue weighted by molar-refractivity contribution is -0.0979. The Balaban J connectivity index is 0.000000561. The van der Waals surface area contributed by atoms with Crippen LogP contribution in [0, 0.1) is 0 Å². The summed E-state index contributed by atoms with van der Waals surface area (Å²) in [7, 11) is 0. The third-order valence-electron chi connectivity index (χ3n) is 1.29. The highest BCUT2D eigenvalue weighted by Gasteiger charge is 1.96. The summed E-state index contributed by atoms with van der Waals surface area (Å²) in [6, 6.07) is 6.94. The Bertz CT molecular complexity index is 271. The Hall–Kier alpha value is -1.64. The highest BCUT2D eigenvalue weighted by molar-refractivity contribution is 5.94. The van der Waals surface area contributed by atoms with Gasteiger partial charge in [0.25, 0.3) is 0 Å². The minimum Gasteiger partial charge on any atom is -0.399 e.